The average molecular weight is 468 g/mol. The van der Waals surface area contributed by atoms with Crippen molar-refractivity contribution in [1.29, 1.82) is 5.26 Å². The summed E-state index contributed by atoms with van der Waals surface area (Å²) in [6.45, 7) is 3.22. The molecular formula is C24H22ClN3O3S. The lowest BCUT2D eigenvalue weighted by molar-refractivity contribution is -0.125. The number of carbonyl (C=O) groups is 1. The van der Waals surface area contributed by atoms with Crippen molar-refractivity contribution in [3.8, 4) is 6.07 Å². The van der Waals surface area contributed by atoms with E-state index in [-0.39, 0.29) is 18.0 Å². The van der Waals surface area contributed by atoms with Crippen molar-refractivity contribution < 1.29 is 13.2 Å². The van der Waals surface area contributed by atoms with Gasteiger partial charge in [-0.3, -0.25) is 4.79 Å². The van der Waals surface area contributed by atoms with Gasteiger partial charge in [-0.1, -0.05) is 47.5 Å². The van der Waals surface area contributed by atoms with Crippen molar-refractivity contribution >= 4 is 33.2 Å². The number of amides is 1. The summed E-state index contributed by atoms with van der Waals surface area (Å²) in [7, 11) is -4.12. The van der Waals surface area contributed by atoms with E-state index in [1.807, 2.05) is 19.9 Å². The zero-order valence-electron chi connectivity index (χ0n) is 17.7. The Kier molecular flexibility index (Phi) is 7.18. The van der Waals surface area contributed by atoms with Crippen LogP contribution < -0.4 is 5.32 Å². The molecule has 0 fully saturated rings. The number of nitrogens with zero attached hydrogens (tertiary/aromatic N) is 2. The first-order chi connectivity index (χ1) is 15.2. The van der Waals surface area contributed by atoms with Crippen LogP contribution in [-0.2, 0) is 21.4 Å². The number of anilines is 1. The zero-order valence-corrected chi connectivity index (χ0v) is 19.2. The van der Waals surface area contributed by atoms with Crippen molar-refractivity contribution in [3.63, 3.8) is 0 Å². The molecule has 32 heavy (non-hydrogen) atoms. The second-order valence-electron chi connectivity index (χ2n) is 7.30. The van der Waals surface area contributed by atoms with E-state index in [1.54, 1.807) is 54.6 Å². The van der Waals surface area contributed by atoms with E-state index < -0.39 is 15.9 Å². The van der Waals surface area contributed by atoms with Gasteiger partial charge in [0.2, 0.25) is 0 Å². The van der Waals surface area contributed by atoms with Gasteiger partial charge in [-0.2, -0.15) is 5.26 Å². The first-order valence-corrected chi connectivity index (χ1v) is 11.6. The summed E-state index contributed by atoms with van der Waals surface area (Å²) in [4.78, 5) is 13.2. The third-order valence-electron chi connectivity index (χ3n) is 4.97. The molecule has 1 N–H and O–H groups in total. The van der Waals surface area contributed by atoms with Gasteiger partial charge in [-0.25, -0.2) is 12.7 Å². The quantitative estimate of drug-likeness (QED) is 0.545. The van der Waals surface area contributed by atoms with Crippen molar-refractivity contribution in [2.75, 3.05) is 11.9 Å². The number of aryl methyl sites for hydroxylation is 1. The highest BCUT2D eigenvalue weighted by atomic mass is 35.5. The molecule has 0 aliphatic heterocycles. The Bertz CT molecular complexity index is 1280. The third-order valence-corrected chi connectivity index (χ3v) is 7.16. The molecule has 0 aromatic heterocycles. The second kappa shape index (κ2) is 9.86. The smallest absolute Gasteiger partial charge is 0.266 e. The van der Waals surface area contributed by atoms with Gasteiger partial charge in [0, 0.05) is 10.7 Å². The van der Waals surface area contributed by atoms with Crippen molar-refractivity contribution in [3.05, 3.63) is 94.0 Å². The Morgan fingerprint density at radius 1 is 1.06 bits per heavy atom. The first-order valence-electron chi connectivity index (χ1n) is 9.82. The third kappa shape index (κ3) is 5.28. The molecule has 164 valence electrons. The van der Waals surface area contributed by atoms with E-state index in [0.717, 1.165) is 15.4 Å². The number of sulfonamides is 1. The maximum atomic E-state index is 13.4. The normalized spacial score (nSPS) is 10.9. The first kappa shape index (κ1) is 23.3. The van der Waals surface area contributed by atoms with Crippen molar-refractivity contribution in [1.82, 2.24) is 4.31 Å². The van der Waals surface area contributed by atoms with Gasteiger partial charge in [-0.05, 0) is 61.4 Å². The number of carbonyl (C=O) groups excluding carboxylic acids is 1. The van der Waals surface area contributed by atoms with Gasteiger partial charge in [0.25, 0.3) is 15.9 Å². The summed E-state index contributed by atoms with van der Waals surface area (Å²) < 4.78 is 27.6. The molecule has 6 nitrogen and oxygen atoms in total. The van der Waals surface area contributed by atoms with E-state index in [1.165, 1.54) is 12.1 Å². The predicted octanol–water partition coefficient (Wildman–Crippen LogP) is 4.66. The number of halogens is 1. The van der Waals surface area contributed by atoms with Crippen LogP contribution in [-0.4, -0.2) is 25.2 Å². The Hall–Kier alpha value is -3.34. The fourth-order valence-electron chi connectivity index (χ4n) is 3.11. The molecule has 3 aromatic carbocycles. The number of rotatable bonds is 7. The molecule has 0 radical (unpaired) electrons. The average Bonchev–Trinajstić information content (AvgIpc) is 2.78. The van der Waals surface area contributed by atoms with Crippen LogP contribution in [0, 0.1) is 25.2 Å². The fraction of sp³-hybridized carbons (Fsp3) is 0.167. The summed E-state index contributed by atoms with van der Waals surface area (Å²) in [5, 5.41) is 12.7. The summed E-state index contributed by atoms with van der Waals surface area (Å²) in [5.74, 6) is -0.632. The highest BCUT2D eigenvalue weighted by Gasteiger charge is 2.29. The highest BCUT2D eigenvalue weighted by Crippen LogP contribution is 2.24. The Balaban J connectivity index is 1.93. The van der Waals surface area contributed by atoms with Crippen LogP contribution in [0.2, 0.25) is 5.02 Å². The lowest BCUT2D eigenvalue weighted by atomic mass is 10.1. The second-order valence-corrected chi connectivity index (χ2v) is 9.57. The van der Waals surface area contributed by atoms with E-state index in [4.69, 9.17) is 16.9 Å². The molecule has 1 amide bonds. The number of benzene rings is 3. The number of nitrogens with one attached hydrogen (secondary N) is 1. The lowest BCUT2D eigenvalue weighted by Gasteiger charge is -2.23. The van der Waals surface area contributed by atoms with Crippen LogP contribution in [0.1, 0.15) is 22.3 Å². The Morgan fingerprint density at radius 3 is 2.44 bits per heavy atom. The van der Waals surface area contributed by atoms with Crippen LogP contribution in [0.25, 0.3) is 0 Å². The molecule has 0 heterocycles. The van der Waals surface area contributed by atoms with Gasteiger partial charge >= 0.3 is 0 Å². The van der Waals surface area contributed by atoms with Gasteiger partial charge in [-0.15, -0.1) is 0 Å². The Labute approximate surface area is 193 Å². The fourth-order valence-corrected chi connectivity index (χ4v) is 4.67. The van der Waals surface area contributed by atoms with Gasteiger partial charge in [0.15, 0.2) is 0 Å². The van der Waals surface area contributed by atoms with Crippen molar-refractivity contribution in [2.45, 2.75) is 25.3 Å². The molecule has 0 aliphatic carbocycles. The molecule has 0 saturated heterocycles. The molecule has 3 aromatic rings. The van der Waals surface area contributed by atoms with Crippen LogP contribution in [0.4, 0.5) is 5.69 Å². The molecule has 0 unspecified atom stereocenters. The minimum atomic E-state index is -4.12. The summed E-state index contributed by atoms with van der Waals surface area (Å²) >= 11 is 6.14. The molecule has 3 rings (SSSR count). The molecule has 0 saturated carbocycles. The molecule has 0 spiro atoms. The van der Waals surface area contributed by atoms with Crippen LogP contribution in [0.15, 0.2) is 71.6 Å². The molecule has 0 aliphatic rings. The zero-order chi connectivity index (χ0) is 23.3. The monoisotopic (exact) mass is 467 g/mol. The number of hydrogen-bond acceptors (Lipinski definition) is 5. The Morgan fingerprint density at radius 2 is 1.75 bits per heavy atom. The van der Waals surface area contributed by atoms with E-state index in [2.05, 4.69) is 5.32 Å². The highest BCUT2D eigenvalue weighted by molar-refractivity contribution is 7.89. The summed E-state index contributed by atoms with van der Waals surface area (Å²) in [5.41, 5.74) is 3.23. The SMILES string of the molecule is Cc1ccc(S(=O)(=O)N(Cc2cccc(C#N)c2)C(=O)CNc2cccc(Cl)c2C)cc1. The molecule has 0 atom stereocenters. The van der Waals surface area contributed by atoms with Crippen LogP contribution >= 0.6 is 11.6 Å². The number of hydrogen-bond donors (Lipinski definition) is 1. The largest absolute Gasteiger partial charge is 0.376 e. The van der Waals surface area contributed by atoms with E-state index >= 15 is 0 Å². The maximum absolute atomic E-state index is 13.4. The van der Waals surface area contributed by atoms with Crippen LogP contribution in [0.5, 0.6) is 0 Å². The molecule has 8 heteroatoms. The summed E-state index contributed by atoms with van der Waals surface area (Å²) in [6, 6.07) is 20.1. The maximum Gasteiger partial charge on any atom is 0.266 e. The number of nitriles is 1. The predicted molar refractivity (Wildman–Crippen MR) is 125 cm³/mol. The standard InChI is InChI=1S/C24H22ClN3O3S/c1-17-9-11-21(12-10-17)32(30,31)28(16-20-6-3-5-19(13-20)14-26)24(29)15-27-23-8-4-7-22(25)18(23)2/h3-13,27H,15-16H2,1-2H3. The molecular weight excluding hydrogens is 446 g/mol. The van der Waals surface area contributed by atoms with Crippen molar-refractivity contribution in [2.24, 2.45) is 0 Å². The van der Waals surface area contributed by atoms with Gasteiger partial charge in [0.05, 0.1) is 29.6 Å². The minimum Gasteiger partial charge on any atom is -0.376 e. The van der Waals surface area contributed by atoms with Crippen LogP contribution in [0.3, 0.4) is 0 Å². The van der Waals surface area contributed by atoms with Gasteiger partial charge in [0.1, 0.15) is 0 Å². The van der Waals surface area contributed by atoms with Gasteiger partial charge < -0.3 is 5.32 Å². The topological polar surface area (TPSA) is 90.3 Å². The van der Waals surface area contributed by atoms with E-state index in [9.17, 15) is 13.2 Å². The molecule has 0 bridgehead atoms. The summed E-state index contributed by atoms with van der Waals surface area (Å²) in [6.07, 6.45) is 0. The minimum absolute atomic E-state index is 0.0202. The van der Waals surface area contributed by atoms with E-state index in [0.29, 0.717) is 21.8 Å². The lowest BCUT2D eigenvalue weighted by Crippen LogP contribution is -2.40.